The van der Waals surface area contributed by atoms with Gasteiger partial charge in [-0.25, -0.2) is 4.79 Å². The number of methoxy groups -OCH3 is 1. The summed E-state index contributed by atoms with van der Waals surface area (Å²) in [6.07, 6.45) is 0. The van der Waals surface area contributed by atoms with Crippen molar-refractivity contribution in [3.63, 3.8) is 0 Å². The highest BCUT2D eigenvalue weighted by molar-refractivity contribution is 7.16. The number of esters is 1. The molecule has 0 bridgehead atoms. The van der Waals surface area contributed by atoms with E-state index in [2.05, 4.69) is 10.6 Å². The van der Waals surface area contributed by atoms with Crippen LogP contribution in [0.15, 0.2) is 60.7 Å². The van der Waals surface area contributed by atoms with Crippen molar-refractivity contribution in [1.29, 1.82) is 0 Å². The molecule has 3 aromatic rings. The van der Waals surface area contributed by atoms with E-state index in [1.807, 2.05) is 25.1 Å². The molecule has 2 N–H and O–H groups in total. The third-order valence-electron chi connectivity index (χ3n) is 4.19. The van der Waals surface area contributed by atoms with Gasteiger partial charge < -0.3 is 15.4 Å². The van der Waals surface area contributed by atoms with Gasteiger partial charge in [-0.3, -0.25) is 9.59 Å². The fourth-order valence-electron chi connectivity index (χ4n) is 2.69. The summed E-state index contributed by atoms with van der Waals surface area (Å²) < 4.78 is 4.75. The molecule has 2 aromatic carbocycles. The minimum Gasteiger partial charge on any atom is -0.465 e. The lowest BCUT2D eigenvalue weighted by molar-refractivity contribution is 0.0602. The first-order valence-electron chi connectivity index (χ1n) is 8.90. The molecule has 0 fully saturated rings. The Balaban J connectivity index is 1.62. The third kappa shape index (κ3) is 5.08. The Hall–Kier alpha value is -3.45. The second kappa shape index (κ2) is 9.16. The Bertz CT molecular complexity index is 1030. The SMILES string of the molecule is COC(=O)c1cc(C)sc1NC(=O)c1ccc(CNC(=O)c2ccccc2)cc1. The van der Waals surface area contributed by atoms with Gasteiger partial charge in [0, 0.05) is 22.5 Å². The molecule has 2 amide bonds. The van der Waals surface area contributed by atoms with E-state index in [0.29, 0.717) is 28.2 Å². The fourth-order valence-corrected chi connectivity index (χ4v) is 3.59. The van der Waals surface area contributed by atoms with E-state index in [9.17, 15) is 14.4 Å². The van der Waals surface area contributed by atoms with Crippen LogP contribution < -0.4 is 10.6 Å². The van der Waals surface area contributed by atoms with Gasteiger partial charge >= 0.3 is 5.97 Å². The fraction of sp³-hybridized carbons (Fsp3) is 0.136. The number of ether oxygens (including phenoxy) is 1. The summed E-state index contributed by atoms with van der Waals surface area (Å²) in [4.78, 5) is 37.4. The zero-order valence-electron chi connectivity index (χ0n) is 16.0. The maximum absolute atomic E-state index is 12.5. The van der Waals surface area contributed by atoms with Crippen LogP contribution in [-0.2, 0) is 11.3 Å². The Labute approximate surface area is 172 Å². The summed E-state index contributed by atoms with van der Waals surface area (Å²) in [6.45, 7) is 2.21. The lowest BCUT2D eigenvalue weighted by atomic mass is 10.1. The van der Waals surface area contributed by atoms with E-state index < -0.39 is 5.97 Å². The van der Waals surface area contributed by atoms with E-state index >= 15 is 0 Å². The predicted molar refractivity (Wildman–Crippen MR) is 112 cm³/mol. The minimum absolute atomic E-state index is 0.157. The van der Waals surface area contributed by atoms with E-state index in [1.54, 1.807) is 42.5 Å². The maximum Gasteiger partial charge on any atom is 0.340 e. The maximum atomic E-state index is 12.5. The van der Waals surface area contributed by atoms with Crippen molar-refractivity contribution in [1.82, 2.24) is 5.32 Å². The highest BCUT2D eigenvalue weighted by atomic mass is 32.1. The van der Waals surface area contributed by atoms with Crippen LogP contribution in [0.5, 0.6) is 0 Å². The van der Waals surface area contributed by atoms with Crippen molar-refractivity contribution >= 4 is 34.1 Å². The number of anilines is 1. The minimum atomic E-state index is -0.492. The number of nitrogens with one attached hydrogen (secondary N) is 2. The second-order valence-electron chi connectivity index (χ2n) is 6.29. The average molecular weight is 408 g/mol. The number of aryl methyl sites for hydroxylation is 1. The molecular weight excluding hydrogens is 388 g/mol. The molecule has 0 aliphatic heterocycles. The van der Waals surface area contributed by atoms with Crippen LogP contribution in [0.3, 0.4) is 0 Å². The lowest BCUT2D eigenvalue weighted by Crippen LogP contribution is -2.22. The van der Waals surface area contributed by atoms with Gasteiger partial charge in [-0.1, -0.05) is 30.3 Å². The summed E-state index contributed by atoms with van der Waals surface area (Å²) in [5.74, 6) is -0.971. The molecule has 6 nitrogen and oxygen atoms in total. The van der Waals surface area contributed by atoms with Crippen molar-refractivity contribution in [2.24, 2.45) is 0 Å². The van der Waals surface area contributed by atoms with Crippen LogP contribution in [-0.4, -0.2) is 24.9 Å². The number of carbonyl (C=O) groups is 3. The van der Waals surface area contributed by atoms with Gasteiger partial charge in [0.1, 0.15) is 5.00 Å². The molecule has 0 aliphatic carbocycles. The predicted octanol–water partition coefficient (Wildman–Crippen LogP) is 4.03. The topological polar surface area (TPSA) is 84.5 Å². The van der Waals surface area contributed by atoms with Gasteiger partial charge in [-0.05, 0) is 42.8 Å². The molecular formula is C22H20N2O4S. The molecule has 0 saturated heterocycles. The summed E-state index contributed by atoms with van der Waals surface area (Å²) >= 11 is 1.31. The summed E-state index contributed by atoms with van der Waals surface area (Å²) in [7, 11) is 1.30. The van der Waals surface area contributed by atoms with Gasteiger partial charge in [-0.2, -0.15) is 0 Å². The number of hydrogen-bond acceptors (Lipinski definition) is 5. The smallest absolute Gasteiger partial charge is 0.340 e. The molecule has 1 aromatic heterocycles. The number of rotatable bonds is 6. The average Bonchev–Trinajstić information content (AvgIpc) is 3.12. The Morgan fingerprint density at radius 2 is 1.59 bits per heavy atom. The lowest BCUT2D eigenvalue weighted by Gasteiger charge is -2.08. The quantitative estimate of drug-likeness (QED) is 0.603. The summed E-state index contributed by atoms with van der Waals surface area (Å²) in [5, 5.41) is 6.06. The molecule has 148 valence electrons. The first-order valence-corrected chi connectivity index (χ1v) is 9.72. The standard InChI is InChI=1S/C22H20N2O4S/c1-14-12-18(22(27)28-2)21(29-14)24-20(26)17-10-8-15(9-11-17)13-23-19(25)16-6-4-3-5-7-16/h3-12H,13H2,1-2H3,(H,23,25)(H,24,26). The van der Waals surface area contributed by atoms with Crippen LogP contribution in [0.4, 0.5) is 5.00 Å². The zero-order valence-corrected chi connectivity index (χ0v) is 16.8. The molecule has 0 atom stereocenters. The van der Waals surface area contributed by atoms with Crippen LogP contribution in [0.1, 0.15) is 41.5 Å². The highest BCUT2D eigenvalue weighted by Crippen LogP contribution is 2.28. The molecule has 3 rings (SSSR count). The third-order valence-corrected chi connectivity index (χ3v) is 5.16. The molecule has 1 heterocycles. The highest BCUT2D eigenvalue weighted by Gasteiger charge is 2.18. The number of thiophene rings is 1. The molecule has 7 heteroatoms. The van der Waals surface area contributed by atoms with E-state index in [0.717, 1.165) is 10.4 Å². The zero-order chi connectivity index (χ0) is 20.8. The monoisotopic (exact) mass is 408 g/mol. The Kier molecular flexibility index (Phi) is 6.41. The van der Waals surface area contributed by atoms with E-state index in [1.165, 1.54) is 18.4 Å². The summed E-state index contributed by atoms with van der Waals surface area (Å²) in [5.41, 5.74) is 2.25. The van der Waals surface area contributed by atoms with Gasteiger partial charge in [-0.15, -0.1) is 11.3 Å². The van der Waals surface area contributed by atoms with Crippen LogP contribution >= 0.6 is 11.3 Å². The van der Waals surface area contributed by atoms with Crippen LogP contribution in [0, 0.1) is 6.92 Å². The second-order valence-corrected chi connectivity index (χ2v) is 7.55. The van der Waals surface area contributed by atoms with Gasteiger partial charge in [0.25, 0.3) is 11.8 Å². The van der Waals surface area contributed by atoms with E-state index in [-0.39, 0.29) is 11.8 Å². The van der Waals surface area contributed by atoms with Gasteiger partial charge in [0.05, 0.1) is 12.7 Å². The molecule has 0 unspecified atom stereocenters. The van der Waals surface area contributed by atoms with Crippen molar-refractivity contribution in [2.75, 3.05) is 12.4 Å². The number of carbonyl (C=O) groups excluding carboxylic acids is 3. The molecule has 0 radical (unpaired) electrons. The first-order chi connectivity index (χ1) is 14.0. The van der Waals surface area contributed by atoms with Crippen molar-refractivity contribution in [2.45, 2.75) is 13.5 Å². The normalized spacial score (nSPS) is 10.3. The molecule has 0 saturated carbocycles. The van der Waals surface area contributed by atoms with Crippen molar-refractivity contribution in [3.05, 3.63) is 87.8 Å². The number of hydrogen-bond donors (Lipinski definition) is 2. The van der Waals surface area contributed by atoms with Crippen LogP contribution in [0.25, 0.3) is 0 Å². The van der Waals surface area contributed by atoms with Crippen molar-refractivity contribution in [3.8, 4) is 0 Å². The van der Waals surface area contributed by atoms with Crippen LogP contribution in [0.2, 0.25) is 0 Å². The molecule has 0 spiro atoms. The largest absolute Gasteiger partial charge is 0.465 e. The Morgan fingerprint density at radius 1 is 0.931 bits per heavy atom. The molecule has 29 heavy (non-hydrogen) atoms. The first kappa shape index (κ1) is 20.3. The Morgan fingerprint density at radius 3 is 2.24 bits per heavy atom. The van der Waals surface area contributed by atoms with Gasteiger partial charge in [0.15, 0.2) is 0 Å². The number of amides is 2. The van der Waals surface area contributed by atoms with Gasteiger partial charge in [0.2, 0.25) is 0 Å². The van der Waals surface area contributed by atoms with Crippen molar-refractivity contribution < 1.29 is 19.1 Å². The molecule has 0 aliphatic rings. The number of benzene rings is 2. The summed E-state index contributed by atoms with van der Waals surface area (Å²) in [6, 6.07) is 17.6. The van der Waals surface area contributed by atoms with E-state index in [4.69, 9.17) is 4.74 Å².